The van der Waals surface area contributed by atoms with Gasteiger partial charge < -0.3 is 10.1 Å². The Morgan fingerprint density at radius 3 is 2.25 bits per heavy atom. The minimum Gasteiger partial charge on any atom is -0.370 e. The molecule has 2 unspecified atom stereocenters. The number of ether oxygens (including phenoxy) is 1. The van der Waals surface area contributed by atoms with Crippen LogP contribution in [0.3, 0.4) is 0 Å². The molecule has 2 heteroatoms. The monoisotopic (exact) mass is 267 g/mol. The van der Waals surface area contributed by atoms with Crippen molar-refractivity contribution >= 4 is 0 Å². The Bertz CT molecular complexity index is 551. The Morgan fingerprint density at radius 1 is 0.950 bits per heavy atom. The van der Waals surface area contributed by atoms with E-state index in [1.54, 1.807) is 0 Å². The molecule has 1 fully saturated rings. The van der Waals surface area contributed by atoms with Gasteiger partial charge in [0, 0.05) is 6.54 Å². The standard InChI is InChI=1S/C18H21NO/c1-13-8-14(2)10-16(9-13)18-11-19-17(12-20-18)15-6-4-3-5-7-15/h3-10,17-19H,11-12H2,1-2H3. The number of aryl methyl sites for hydroxylation is 2. The molecule has 2 nitrogen and oxygen atoms in total. The fourth-order valence-corrected chi connectivity index (χ4v) is 2.89. The van der Waals surface area contributed by atoms with Crippen LogP contribution in [0.5, 0.6) is 0 Å². The second-order valence-electron chi connectivity index (χ2n) is 5.61. The molecule has 0 saturated carbocycles. The highest BCUT2D eigenvalue weighted by atomic mass is 16.5. The molecule has 1 saturated heterocycles. The summed E-state index contributed by atoms with van der Waals surface area (Å²) in [6.45, 7) is 5.86. The predicted octanol–water partition coefficient (Wildman–Crippen LogP) is 3.71. The molecule has 0 radical (unpaired) electrons. The maximum atomic E-state index is 6.08. The average Bonchev–Trinajstić information content (AvgIpc) is 2.47. The molecule has 3 rings (SSSR count). The average molecular weight is 267 g/mol. The first kappa shape index (κ1) is 13.3. The van der Waals surface area contributed by atoms with E-state index < -0.39 is 0 Å². The number of rotatable bonds is 2. The summed E-state index contributed by atoms with van der Waals surface area (Å²) in [6.07, 6.45) is 0.161. The third-order valence-electron chi connectivity index (χ3n) is 3.83. The van der Waals surface area contributed by atoms with Crippen molar-refractivity contribution in [2.24, 2.45) is 0 Å². The molecule has 20 heavy (non-hydrogen) atoms. The first-order valence-corrected chi connectivity index (χ1v) is 7.20. The van der Waals surface area contributed by atoms with Crippen molar-refractivity contribution in [3.8, 4) is 0 Å². The zero-order valence-electron chi connectivity index (χ0n) is 12.1. The molecular formula is C18H21NO. The van der Waals surface area contributed by atoms with E-state index in [0.29, 0.717) is 6.04 Å². The van der Waals surface area contributed by atoms with Gasteiger partial charge in [0.15, 0.2) is 0 Å². The Balaban J connectivity index is 1.69. The SMILES string of the molecule is Cc1cc(C)cc(C2CNC(c3ccccc3)CO2)c1. The van der Waals surface area contributed by atoms with Gasteiger partial charge in [-0.15, -0.1) is 0 Å². The Hall–Kier alpha value is -1.64. The highest BCUT2D eigenvalue weighted by molar-refractivity contribution is 5.30. The molecular weight excluding hydrogens is 246 g/mol. The Kier molecular flexibility index (Phi) is 3.86. The summed E-state index contributed by atoms with van der Waals surface area (Å²) in [4.78, 5) is 0. The Labute approximate surface area is 120 Å². The predicted molar refractivity (Wildman–Crippen MR) is 81.8 cm³/mol. The molecule has 2 atom stereocenters. The van der Waals surface area contributed by atoms with E-state index in [0.717, 1.165) is 13.2 Å². The van der Waals surface area contributed by atoms with Gasteiger partial charge in [0.1, 0.15) is 0 Å². The van der Waals surface area contributed by atoms with E-state index >= 15 is 0 Å². The molecule has 2 aromatic carbocycles. The van der Waals surface area contributed by atoms with Gasteiger partial charge in [-0.1, -0.05) is 59.7 Å². The molecule has 0 spiro atoms. The lowest BCUT2D eigenvalue weighted by molar-refractivity contribution is 0.00232. The summed E-state index contributed by atoms with van der Waals surface area (Å²) in [5.74, 6) is 0. The normalized spacial score (nSPS) is 22.7. The first-order chi connectivity index (χ1) is 9.72. The molecule has 1 aliphatic rings. The smallest absolute Gasteiger partial charge is 0.0950 e. The van der Waals surface area contributed by atoms with Gasteiger partial charge in [0.05, 0.1) is 18.8 Å². The van der Waals surface area contributed by atoms with Crippen molar-refractivity contribution in [1.82, 2.24) is 5.32 Å². The van der Waals surface area contributed by atoms with Crippen LogP contribution in [-0.2, 0) is 4.74 Å². The van der Waals surface area contributed by atoms with Gasteiger partial charge in [-0.3, -0.25) is 0 Å². The summed E-state index contributed by atoms with van der Waals surface area (Å²) in [7, 11) is 0. The maximum Gasteiger partial charge on any atom is 0.0950 e. The summed E-state index contributed by atoms with van der Waals surface area (Å²) in [5.41, 5.74) is 5.18. The first-order valence-electron chi connectivity index (χ1n) is 7.20. The van der Waals surface area contributed by atoms with Crippen molar-refractivity contribution in [1.29, 1.82) is 0 Å². The van der Waals surface area contributed by atoms with Gasteiger partial charge >= 0.3 is 0 Å². The molecule has 1 aliphatic heterocycles. The van der Waals surface area contributed by atoms with Crippen molar-refractivity contribution in [2.45, 2.75) is 26.0 Å². The lowest BCUT2D eigenvalue weighted by atomic mass is 10.0. The molecule has 0 bridgehead atoms. The van der Waals surface area contributed by atoms with Crippen molar-refractivity contribution in [3.63, 3.8) is 0 Å². The summed E-state index contributed by atoms with van der Waals surface area (Å²) in [6, 6.07) is 17.5. The molecule has 1 heterocycles. The molecule has 0 aliphatic carbocycles. The minimum atomic E-state index is 0.161. The number of hydrogen-bond donors (Lipinski definition) is 1. The van der Waals surface area contributed by atoms with E-state index in [2.05, 4.69) is 61.6 Å². The van der Waals surface area contributed by atoms with E-state index in [1.165, 1.54) is 22.3 Å². The number of nitrogens with one attached hydrogen (secondary N) is 1. The lowest BCUT2D eigenvalue weighted by Gasteiger charge is -2.31. The van der Waals surface area contributed by atoms with Crippen molar-refractivity contribution in [3.05, 3.63) is 70.8 Å². The van der Waals surface area contributed by atoms with Gasteiger partial charge in [-0.25, -0.2) is 0 Å². The van der Waals surface area contributed by atoms with Crippen molar-refractivity contribution in [2.75, 3.05) is 13.2 Å². The highest BCUT2D eigenvalue weighted by Gasteiger charge is 2.23. The largest absolute Gasteiger partial charge is 0.370 e. The van der Waals surface area contributed by atoms with Gasteiger partial charge in [-0.05, 0) is 25.0 Å². The van der Waals surface area contributed by atoms with Crippen LogP contribution in [0.15, 0.2) is 48.5 Å². The van der Waals surface area contributed by atoms with E-state index in [9.17, 15) is 0 Å². The van der Waals surface area contributed by atoms with Crippen LogP contribution < -0.4 is 5.32 Å². The molecule has 1 N–H and O–H groups in total. The highest BCUT2D eigenvalue weighted by Crippen LogP contribution is 2.26. The van der Waals surface area contributed by atoms with Crippen LogP contribution in [0.2, 0.25) is 0 Å². The van der Waals surface area contributed by atoms with Gasteiger partial charge in [0.2, 0.25) is 0 Å². The fraction of sp³-hybridized carbons (Fsp3) is 0.333. The third kappa shape index (κ3) is 2.92. The summed E-state index contributed by atoms with van der Waals surface area (Å²) in [5, 5.41) is 3.60. The van der Waals surface area contributed by atoms with Crippen LogP contribution in [0, 0.1) is 13.8 Å². The zero-order chi connectivity index (χ0) is 13.9. The zero-order valence-corrected chi connectivity index (χ0v) is 12.1. The van der Waals surface area contributed by atoms with E-state index in [-0.39, 0.29) is 6.10 Å². The topological polar surface area (TPSA) is 21.3 Å². The van der Waals surface area contributed by atoms with Crippen molar-refractivity contribution < 1.29 is 4.74 Å². The molecule has 2 aromatic rings. The molecule has 0 amide bonds. The minimum absolute atomic E-state index is 0.161. The Morgan fingerprint density at radius 2 is 1.65 bits per heavy atom. The van der Waals surface area contributed by atoms with E-state index in [1.807, 2.05) is 6.07 Å². The quantitative estimate of drug-likeness (QED) is 0.895. The molecule has 0 aromatic heterocycles. The van der Waals surface area contributed by atoms with Crippen LogP contribution in [0.1, 0.15) is 34.4 Å². The summed E-state index contributed by atoms with van der Waals surface area (Å²) < 4.78 is 6.08. The third-order valence-corrected chi connectivity index (χ3v) is 3.83. The number of hydrogen-bond acceptors (Lipinski definition) is 2. The van der Waals surface area contributed by atoms with Gasteiger partial charge in [0.25, 0.3) is 0 Å². The summed E-state index contributed by atoms with van der Waals surface area (Å²) >= 11 is 0. The molecule has 104 valence electrons. The number of morpholine rings is 1. The van der Waals surface area contributed by atoms with Crippen LogP contribution in [-0.4, -0.2) is 13.2 Å². The van der Waals surface area contributed by atoms with E-state index in [4.69, 9.17) is 4.74 Å². The van der Waals surface area contributed by atoms with Crippen LogP contribution >= 0.6 is 0 Å². The maximum absolute atomic E-state index is 6.08. The van der Waals surface area contributed by atoms with Crippen LogP contribution in [0.4, 0.5) is 0 Å². The lowest BCUT2D eigenvalue weighted by Crippen LogP contribution is -2.36. The fourth-order valence-electron chi connectivity index (χ4n) is 2.89. The van der Waals surface area contributed by atoms with Crippen LogP contribution in [0.25, 0.3) is 0 Å². The number of benzene rings is 2. The second-order valence-corrected chi connectivity index (χ2v) is 5.61. The second kappa shape index (κ2) is 5.78. The van der Waals surface area contributed by atoms with Gasteiger partial charge in [-0.2, -0.15) is 0 Å².